The van der Waals surface area contributed by atoms with Gasteiger partial charge in [-0.05, 0) is 30.3 Å². The molecule has 0 spiro atoms. The first kappa shape index (κ1) is 14.7. The minimum atomic E-state index is -0.329. The van der Waals surface area contributed by atoms with Gasteiger partial charge in [-0.25, -0.2) is 0 Å². The molecule has 20 heavy (non-hydrogen) atoms. The van der Waals surface area contributed by atoms with E-state index in [0.29, 0.717) is 11.3 Å². The summed E-state index contributed by atoms with van der Waals surface area (Å²) in [5.74, 6) is 0.698. The van der Waals surface area contributed by atoms with Gasteiger partial charge in [-0.15, -0.1) is 0 Å². The smallest absolute Gasteiger partial charge is 0.291 e. The van der Waals surface area contributed by atoms with Crippen molar-refractivity contribution in [1.82, 2.24) is 0 Å². The third-order valence-corrected chi connectivity index (χ3v) is 3.44. The molecule has 2 rings (SSSR count). The summed E-state index contributed by atoms with van der Waals surface area (Å²) in [6.07, 6.45) is 0.740. The summed E-state index contributed by atoms with van der Waals surface area (Å²) in [5, 5.41) is 2.75. The Morgan fingerprint density at radius 3 is 2.75 bits per heavy atom. The largest absolute Gasteiger partial charge is 0.456 e. The molecule has 6 heteroatoms. The van der Waals surface area contributed by atoms with Crippen molar-refractivity contribution >= 4 is 44.7 Å². The number of nitrogens with two attached hydrogens (primary N) is 1. The van der Waals surface area contributed by atoms with Crippen molar-refractivity contribution in [2.24, 2.45) is 5.73 Å². The van der Waals surface area contributed by atoms with Crippen LogP contribution in [0.1, 0.15) is 28.8 Å². The summed E-state index contributed by atoms with van der Waals surface area (Å²) >= 11 is 8.33. The molecule has 0 atom stereocenters. The molecule has 0 bridgehead atoms. The standard InChI is InChI=1S/C14H13BrN2O2S/c1-2-9-4-6-12(19-9)14(18)17-11-5-3-8(15)7-10(11)13(16)20/h3-7H,2H2,1H3,(H2,16,20)(H,17,18). The predicted octanol–water partition coefficient (Wildman–Crippen LogP) is 3.49. The Labute approximate surface area is 130 Å². The molecular formula is C14H13BrN2O2S. The second-order valence-corrected chi connectivity index (χ2v) is 5.48. The number of rotatable bonds is 4. The highest BCUT2D eigenvalue weighted by Crippen LogP contribution is 2.22. The maximum atomic E-state index is 12.1. The number of hydrogen-bond acceptors (Lipinski definition) is 3. The summed E-state index contributed by atoms with van der Waals surface area (Å²) in [5.41, 5.74) is 6.82. The number of halogens is 1. The molecule has 4 nitrogen and oxygen atoms in total. The number of hydrogen-bond donors (Lipinski definition) is 2. The molecule has 0 fully saturated rings. The highest BCUT2D eigenvalue weighted by atomic mass is 79.9. The van der Waals surface area contributed by atoms with Gasteiger partial charge in [0.1, 0.15) is 10.7 Å². The Bertz CT molecular complexity index is 667. The van der Waals surface area contributed by atoms with E-state index < -0.39 is 0 Å². The lowest BCUT2D eigenvalue weighted by molar-refractivity contribution is 0.0995. The molecule has 2 aromatic rings. The predicted molar refractivity (Wildman–Crippen MR) is 86.1 cm³/mol. The normalized spacial score (nSPS) is 10.3. The van der Waals surface area contributed by atoms with Gasteiger partial charge in [0.2, 0.25) is 0 Å². The topological polar surface area (TPSA) is 68.3 Å². The van der Waals surface area contributed by atoms with E-state index in [2.05, 4.69) is 21.2 Å². The summed E-state index contributed by atoms with van der Waals surface area (Å²) in [7, 11) is 0. The number of carbonyl (C=O) groups excluding carboxylic acids is 1. The van der Waals surface area contributed by atoms with Crippen molar-refractivity contribution in [1.29, 1.82) is 0 Å². The van der Waals surface area contributed by atoms with Crippen LogP contribution in [0.2, 0.25) is 0 Å². The Morgan fingerprint density at radius 2 is 2.15 bits per heavy atom. The number of anilines is 1. The summed E-state index contributed by atoms with van der Waals surface area (Å²) in [4.78, 5) is 12.3. The maximum Gasteiger partial charge on any atom is 0.291 e. The molecule has 0 unspecified atom stereocenters. The van der Waals surface area contributed by atoms with Crippen LogP contribution < -0.4 is 11.1 Å². The summed E-state index contributed by atoms with van der Waals surface area (Å²) < 4.78 is 6.24. The van der Waals surface area contributed by atoms with Gasteiger partial charge in [-0.3, -0.25) is 4.79 Å². The van der Waals surface area contributed by atoms with Gasteiger partial charge in [0.15, 0.2) is 5.76 Å². The van der Waals surface area contributed by atoms with Gasteiger partial charge in [-0.2, -0.15) is 0 Å². The van der Waals surface area contributed by atoms with Crippen LogP contribution in [-0.4, -0.2) is 10.9 Å². The number of benzene rings is 1. The Morgan fingerprint density at radius 1 is 1.40 bits per heavy atom. The quantitative estimate of drug-likeness (QED) is 0.826. The third kappa shape index (κ3) is 3.26. The second-order valence-electron chi connectivity index (χ2n) is 4.13. The van der Waals surface area contributed by atoms with Crippen LogP contribution in [0, 0.1) is 0 Å². The van der Waals surface area contributed by atoms with Crippen LogP contribution in [0.5, 0.6) is 0 Å². The number of furan rings is 1. The van der Waals surface area contributed by atoms with E-state index in [-0.39, 0.29) is 16.7 Å². The van der Waals surface area contributed by atoms with Crippen LogP contribution in [0.4, 0.5) is 5.69 Å². The molecule has 1 heterocycles. The van der Waals surface area contributed by atoms with E-state index in [0.717, 1.165) is 16.7 Å². The Hall–Kier alpha value is -1.66. The van der Waals surface area contributed by atoms with Crippen LogP contribution in [0.3, 0.4) is 0 Å². The summed E-state index contributed by atoms with van der Waals surface area (Å²) in [6, 6.07) is 8.73. The number of carbonyl (C=O) groups is 1. The molecular weight excluding hydrogens is 340 g/mol. The van der Waals surface area contributed by atoms with Crippen molar-refractivity contribution in [3.8, 4) is 0 Å². The van der Waals surface area contributed by atoms with Crippen molar-refractivity contribution in [2.75, 3.05) is 5.32 Å². The fraction of sp³-hybridized carbons (Fsp3) is 0.143. The molecule has 1 aromatic heterocycles. The molecule has 104 valence electrons. The van der Waals surface area contributed by atoms with E-state index in [9.17, 15) is 4.79 Å². The highest BCUT2D eigenvalue weighted by Gasteiger charge is 2.14. The lowest BCUT2D eigenvalue weighted by atomic mass is 10.1. The first-order chi connectivity index (χ1) is 9.51. The zero-order chi connectivity index (χ0) is 14.7. The molecule has 0 aliphatic rings. The fourth-order valence-corrected chi connectivity index (χ4v) is 2.23. The van der Waals surface area contributed by atoms with Crippen molar-refractivity contribution < 1.29 is 9.21 Å². The first-order valence-corrected chi connectivity index (χ1v) is 7.20. The number of aryl methyl sites for hydroxylation is 1. The summed E-state index contributed by atoms with van der Waals surface area (Å²) in [6.45, 7) is 1.96. The monoisotopic (exact) mass is 352 g/mol. The Balaban J connectivity index is 2.25. The van der Waals surface area contributed by atoms with Crippen LogP contribution in [-0.2, 0) is 6.42 Å². The zero-order valence-corrected chi connectivity index (χ0v) is 13.2. The second kappa shape index (κ2) is 6.19. The van der Waals surface area contributed by atoms with Crippen LogP contribution >= 0.6 is 28.1 Å². The molecule has 0 saturated carbocycles. The van der Waals surface area contributed by atoms with Gasteiger partial charge in [0.05, 0.1) is 5.69 Å². The van der Waals surface area contributed by atoms with Crippen molar-refractivity contribution in [3.05, 3.63) is 51.9 Å². The number of nitrogens with one attached hydrogen (secondary N) is 1. The minimum Gasteiger partial charge on any atom is -0.456 e. The zero-order valence-electron chi connectivity index (χ0n) is 10.8. The minimum absolute atomic E-state index is 0.218. The molecule has 1 aromatic carbocycles. The van der Waals surface area contributed by atoms with E-state index >= 15 is 0 Å². The van der Waals surface area contributed by atoms with Crippen LogP contribution in [0.25, 0.3) is 0 Å². The fourth-order valence-electron chi connectivity index (χ4n) is 1.70. The van der Waals surface area contributed by atoms with Gasteiger partial charge >= 0.3 is 0 Å². The molecule has 0 radical (unpaired) electrons. The average molecular weight is 353 g/mol. The molecule has 0 aliphatic heterocycles. The van der Waals surface area contributed by atoms with Gasteiger partial charge in [0.25, 0.3) is 5.91 Å². The van der Waals surface area contributed by atoms with E-state index in [1.807, 2.05) is 6.92 Å². The molecule has 3 N–H and O–H groups in total. The number of amides is 1. The lowest BCUT2D eigenvalue weighted by Crippen LogP contribution is -2.17. The third-order valence-electron chi connectivity index (χ3n) is 2.73. The Kier molecular flexibility index (Phi) is 4.57. The van der Waals surface area contributed by atoms with Gasteiger partial charge in [0, 0.05) is 16.5 Å². The average Bonchev–Trinajstić information content (AvgIpc) is 2.89. The van der Waals surface area contributed by atoms with Gasteiger partial charge < -0.3 is 15.5 Å². The van der Waals surface area contributed by atoms with Gasteiger partial charge in [-0.1, -0.05) is 35.1 Å². The van der Waals surface area contributed by atoms with Crippen molar-refractivity contribution in [3.63, 3.8) is 0 Å². The SMILES string of the molecule is CCc1ccc(C(=O)Nc2ccc(Br)cc2C(N)=S)o1. The van der Waals surface area contributed by atoms with Crippen LogP contribution in [0.15, 0.2) is 39.2 Å². The molecule has 1 amide bonds. The molecule has 0 aliphatic carbocycles. The maximum absolute atomic E-state index is 12.1. The van der Waals surface area contributed by atoms with E-state index in [1.54, 1.807) is 30.3 Å². The molecule has 0 saturated heterocycles. The highest BCUT2D eigenvalue weighted by molar-refractivity contribution is 9.10. The van der Waals surface area contributed by atoms with E-state index in [1.165, 1.54) is 0 Å². The lowest BCUT2D eigenvalue weighted by Gasteiger charge is -2.09. The van der Waals surface area contributed by atoms with Crippen molar-refractivity contribution in [2.45, 2.75) is 13.3 Å². The first-order valence-electron chi connectivity index (χ1n) is 6.00. The van der Waals surface area contributed by atoms with E-state index in [4.69, 9.17) is 22.4 Å². The number of thiocarbonyl (C=S) groups is 1.